The second-order valence-electron chi connectivity index (χ2n) is 5.74. The van der Waals surface area contributed by atoms with E-state index < -0.39 is 0 Å². The first-order valence-electron chi connectivity index (χ1n) is 7.07. The highest BCUT2D eigenvalue weighted by atomic mass is 16.2. The van der Waals surface area contributed by atoms with Crippen LogP contribution in [0.15, 0.2) is 0 Å². The zero-order valence-corrected chi connectivity index (χ0v) is 11.8. The minimum Gasteiger partial charge on any atom is -0.337 e. The molecule has 100 valence electrons. The van der Waals surface area contributed by atoms with Crippen molar-refractivity contribution in [2.75, 3.05) is 13.1 Å². The third kappa shape index (κ3) is 4.66. The maximum atomic E-state index is 12.2. The van der Waals surface area contributed by atoms with Gasteiger partial charge in [-0.3, -0.25) is 4.79 Å². The van der Waals surface area contributed by atoms with Crippen molar-refractivity contribution in [3.8, 4) is 0 Å². The quantitative estimate of drug-likeness (QED) is 0.800. The average Bonchev–Trinajstić information content (AvgIpc) is 2.27. The number of nitrogens with one attached hydrogen (secondary N) is 1. The van der Waals surface area contributed by atoms with Crippen molar-refractivity contribution in [3.63, 3.8) is 0 Å². The van der Waals surface area contributed by atoms with Crippen LogP contribution >= 0.6 is 0 Å². The monoisotopic (exact) mass is 240 g/mol. The van der Waals surface area contributed by atoms with Gasteiger partial charge < -0.3 is 10.2 Å². The Morgan fingerprint density at radius 2 is 2.18 bits per heavy atom. The lowest BCUT2D eigenvalue weighted by molar-refractivity contribution is -0.135. The van der Waals surface area contributed by atoms with Crippen molar-refractivity contribution >= 4 is 5.91 Å². The van der Waals surface area contributed by atoms with Gasteiger partial charge in [0.15, 0.2) is 0 Å². The van der Waals surface area contributed by atoms with Crippen LogP contribution in [-0.2, 0) is 4.79 Å². The Bertz CT molecular complexity index is 240. The molecule has 1 amide bonds. The molecule has 3 nitrogen and oxygen atoms in total. The Kier molecular flexibility index (Phi) is 5.96. The number of carbonyl (C=O) groups is 1. The number of hydrogen-bond donors (Lipinski definition) is 1. The summed E-state index contributed by atoms with van der Waals surface area (Å²) in [5.74, 6) is 1.00. The normalized spacial score (nSPS) is 25.4. The first kappa shape index (κ1) is 14.5. The van der Waals surface area contributed by atoms with Crippen molar-refractivity contribution in [2.45, 2.75) is 65.5 Å². The molecule has 0 spiro atoms. The molecule has 0 aromatic rings. The van der Waals surface area contributed by atoms with Crippen LogP contribution in [0.3, 0.4) is 0 Å². The summed E-state index contributed by atoms with van der Waals surface area (Å²) in [7, 11) is 0. The van der Waals surface area contributed by atoms with E-state index in [2.05, 4.69) is 37.9 Å². The number of hydrogen-bond acceptors (Lipinski definition) is 2. The maximum Gasteiger partial charge on any atom is 0.222 e. The lowest BCUT2D eigenvalue weighted by Gasteiger charge is -2.40. The summed E-state index contributed by atoms with van der Waals surface area (Å²) >= 11 is 0. The molecule has 1 aliphatic rings. The van der Waals surface area contributed by atoms with Gasteiger partial charge in [-0.2, -0.15) is 0 Å². The molecule has 0 aromatic heterocycles. The lowest BCUT2D eigenvalue weighted by atomic mass is 9.98. The van der Waals surface area contributed by atoms with Crippen molar-refractivity contribution in [1.82, 2.24) is 10.2 Å². The summed E-state index contributed by atoms with van der Waals surface area (Å²) < 4.78 is 0. The standard InChI is InChI=1S/C14H28N2O/c1-5-6-7-14(17)16-10-12(4)15-9-13(16)8-11(2)3/h11-13,15H,5-10H2,1-4H3. The van der Waals surface area contributed by atoms with Gasteiger partial charge >= 0.3 is 0 Å². The smallest absolute Gasteiger partial charge is 0.222 e. The number of nitrogens with zero attached hydrogens (tertiary/aromatic N) is 1. The van der Waals surface area contributed by atoms with Crippen molar-refractivity contribution in [1.29, 1.82) is 0 Å². The summed E-state index contributed by atoms with van der Waals surface area (Å²) in [6.07, 6.45) is 3.95. The molecule has 1 N–H and O–H groups in total. The van der Waals surface area contributed by atoms with Crippen LogP contribution in [0.1, 0.15) is 53.4 Å². The molecular weight excluding hydrogens is 212 g/mol. The Morgan fingerprint density at radius 3 is 2.76 bits per heavy atom. The summed E-state index contributed by atoms with van der Waals surface area (Å²) in [6.45, 7) is 10.6. The first-order valence-corrected chi connectivity index (χ1v) is 7.07. The van der Waals surface area contributed by atoms with E-state index >= 15 is 0 Å². The molecule has 1 heterocycles. The summed E-state index contributed by atoms with van der Waals surface area (Å²) in [5, 5.41) is 3.48. The largest absolute Gasteiger partial charge is 0.337 e. The topological polar surface area (TPSA) is 32.3 Å². The SMILES string of the molecule is CCCCC(=O)N1CC(C)NCC1CC(C)C. The number of amides is 1. The van der Waals surface area contributed by atoms with Crippen LogP contribution in [0, 0.1) is 5.92 Å². The van der Waals surface area contributed by atoms with Gasteiger partial charge in [0.2, 0.25) is 5.91 Å². The molecule has 1 saturated heterocycles. The van der Waals surface area contributed by atoms with Gasteiger partial charge in [-0.1, -0.05) is 27.2 Å². The van der Waals surface area contributed by atoms with Gasteiger partial charge in [0, 0.05) is 31.6 Å². The molecule has 0 saturated carbocycles. The Balaban J connectivity index is 2.57. The van der Waals surface area contributed by atoms with Crippen molar-refractivity contribution < 1.29 is 4.79 Å². The highest BCUT2D eigenvalue weighted by Crippen LogP contribution is 2.17. The van der Waals surface area contributed by atoms with Crippen LogP contribution in [0.2, 0.25) is 0 Å². The summed E-state index contributed by atoms with van der Waals surface area (Å²) in [4.78, 5) is 14.3. The molecule has 0 bridgehead atoms. The predicted molar refractivity (Wildman–Crippen MR) is 71.9 cm³/mol. The van der Waals surface area contributed by atoms with E-state index in [9.17, 15) is 4.79 Å². The molecule has 0 aromatic carbocycles. The minimum atomic E-state index is 0.353. The van der Waals surface area contributed by atoms with E-state index in [1.807, 2.05) is 0 Å². The first-order chi connectivity index (χ1) is 8.04. The predicted octanol–water partition coefficient (Wildman–Crippen LogP) is 2.41. The van der Waals surface area contributed by atoms with Gasteiger partial charge in [-0.05, 0) is 25.7 Å². The fraction of sp³-hybridized carbons (Fsp3) is 0.929. The number of piperazine rings is 1. The molecule has 0 aliphatic carbocycles. The van der Waals surface area contributed by atoms with E-state index in [-0.39, 0.29) is 0 Å². The minimum absolute atomic E-state index is 0.353. The van der Waals surface area contributed by atoms with E-state index in [4.69, 9.17) is 0 Å². The number of unbranched alkanes of at least 4 members (excludes halogenated alkanes) is 1. The van der Waals surface area contributed by atoms with Crippen molar-refractivity contribution in [3.05, 3.63) is 0 Å². The fourth-order valence-corrected chi connectivity index (χ4v) is 2.49. The molecular formula is C14H28N2O. The number of carbonyl (C=O) groups excluding carboxylic acids is 1. The van der Waals surface area contributed by atoms with E-state index in [1.54, 1.807) is 0 Å². The highest BCUT2D eigenvalue weighted by molar-refractivity contribution is 5.76. The molecule has 0 radical (unpaired) electrons. The van der Waals surface area contributed by atoms with Gasteiger partial charge in [0.05, 0.1) is 0 Å². The van der Waals surface area contributed by atoms with E-state index in [0.717, 1.165) is 38.8 Å². The Morgan fingerprint density at radius 1 is 1.47 bits per heavy atom. The summed E-state index contributed by atoms with van der Waals surface area (Å²) in [5.41, 5.74) is 0. The third-order valence-corrected chi connectivity index (χ3v) is 3.42. The highest BCUT2D eigenvalue weighted by Gasteiger charge is 2.29. The van der Waals surface area contributed by atoms with Gasteiger partial charge in [0.1, 0.15) is 0 Å². The second-order valence-corrected chi connectivity index (χ2v) is 5.74. The molecule has 2 atom stereocenters. The maximum absolute atomic E-state index is 12.2. The van der Waals surface area contributed by atoms with E-state index in [0.29, 0.717) is 23.9 Å². The van der Waals surface area contributed by atoms with Crippen LogP contribution in [0.25, 0.3) is 0 Å². The van der Waals surface area contributed by atoms with Gasteiger partial charge in [0.25, 0.3) is 0 Å². The van der Waals surface area contributed by atoms with Crippen LogP contribution in [0.5, 0.6) is 0 Å². The fourth-order valence-electron chi connectivity index (χ4n) is 2.49. The molecule has 1 rings (SSSR count). The zero-order chi connectivity index (χ0) is 12.8. The Labute approximate surface area is 106 Å². The van der Waals surface area contributed by atoms with Crippen LogP contribution in [-0.4, -0.2) is 36.0 Å². The lowest BCUT2D eigenvalue weighted by Crippen LogP contribution is -2.57. The van der Waals surface area contributed by atoms with E-state index in [1.165, 1.54) is 0 Å². The number of rotatable bonds is 5. The molecule has 3 heteroatoms. The third-order valence-electron chi connectivity index (χ3n) is 3.42. The molecule has 1 aliphatic heterocycles. The van der Waals surface area contributed by atoms with Crippen LogP contribution in [0.4, 0.5) is 0 Å². The second kappa shape index (κ2) is 7.00. The zero-order valence-electron chi connectivity index (χ0n) is 11.8. The van der Waals surface area contributed by atoms with Crippen LogP contribution < -0.4 is 5.32 Å². The van der Waals surface area contributed by atoms with Gasteiger partial charge in [-0.15, -0.1) is 0 Å². The molecule has 1 fully saturated rings. The molecule has 17 heavy (non-hydrogen) atoms. The van der Waals surface area contributed by atoms with Crippen molar-refractivity contribution in [2.24, 2.45) is 5.92 Å². The molecule has 2 unspecified atom stereocenters. The van der Waals surface area contributed by atoms with Gasteiger partial charge in [-0.25, -0.2) is 0 Å². The average molecular weight is 240 g/mol. The Hall–Kier alpha value is -0.570. The summed E-state index contributed by atoms with van der Waals surface area (Å²) in [6, 6.07) is 0.833.